The van der Waals surface area contributed by atoms with Crippen LogP contribution in [0.2, 0.25) is 0 Å². The first-order valence-electron chi connectivity index (χ1n) is 9.21. The molecule has 0 radical (unpaired) electrons. The topological polar surface area (TPSA) is 86.1 Å². The first-order chi connectivity index (χ1) is 13.9. The molecule has 8 heteroatoms. The van der Waals surface area contributed by atoms with Crippen LogP contribution in [0, 0.1) is 11.3 Å². The van der Waals surface area contributed by atoms with Gasteiger partial charge in [-0.25, -0.2) is 8.78 Å². The number of likely N-dealkylation sites (tertiary alicyclic amines) is 1. The van der Waals surface area contributed by atoms with Crippen molar-refractivity contribution in [2.45, 2.75) is 31.2 Å². The Kier molecular flexibility index (Phi) is 6.17. The maximum absolute atomic E-state index is 13.5. The number of hydrogen-bond acceptors (Lipinski definition) is 4. The van der Waals surface area contributed by atoms with E-state index in [2.05, 4.69) is 10.3 Å². The third-order valence-electron chi connectivity index (χ3n) is 4.81. The number of aryl methyl sites for hydroxylation is 2. The Labute approximate surface area is 167 Å². The van der Waals surface area contributed by atoms with Gasteiger partial charge in [0.1, 0.15) is 6.04 Å². The molecular formula is C21H20F2N4O2. The number of nitrogens with one attached hydrogen (secondary N) is 1. The lowest BCUT2D eigenvalue weighted by molar-refractivity contribution is -0.131. The number of rotatable bonds is 6. The highest BCUT2D eigenvalue weighted by atomic mass is 19.3. The Bertz CT molecular complexity index is 928. The molecule has 1 aromatic carbocycles. The number of amides is 2. The molecule has 150 valence electrons. The van der Waals surface area contributed by atoms with Gasteiger partial charge in [0.15, 0.2) is 0 Å². The summed E-state index contributed by atoms with van der Waals surface area (Å²) in [5.41, 5.74) is 2.23. The van der Waals surface area contributed by atoms with E-state index < -0.39 is 43.3 Å². The second-order valence-corrected chi connectivity index (χ2v) is 6.93. The van der Waals surface area contributed by atoms with Gasteiger partial charge < -0.3 is 10.2 Å². The molecular weight excluding hydrogens is 378 g/mol. The van der Waals surface area contributed by atoms with Gasteiger partial charge in [-0.15, -0.1) is 0 Å². The number of nitrogens with zero attached hydrogens (tertiary/aromatic N) is 3. The monoisotopic (exact) mass is 398 g/mol. The molecule has 1 unspecified atom stereocenters. The van der Waals surface area contributed by atoms with Crippen LogP contribution in [0.15, 0.2) is 48.8 Å². The molecule has 2 amide bonds. The van der Waals surface area contributed by atoms with E-state index in [1.165, 1.54) is 6.20 Å². The molecule has 2 heterocycles. The van der Waals surface area contributed by atoms with E-state index in [9.17, 15) is 18.4 Å². The summed E-state index contributed by atoms with van der Waals surface area (Å²) < 4.78 is 27.0. The van der Waals surface area contributed by atoms with E-state index >= 15 is 0 Å². The van der Waals surface area contributed by atoms with Gasteiger partial charge in [0, 0.05) is 24.4 Å². The zero-order valence-corrected chi connectivity index (χ0v) is 15.6. The van der Waals surface area contributed by atoms with Crippen LogP contribution in [0.3, 0.4) is 0 Å². The third-order valence-corrected chi connectivity index (χ3v) is 4.81. The minimum absolute atomic E-state index is 0.382. The summed E-state index contributed by atoms with van der Waals surface area (Å²) in [7, 11) is 0. The zero-order chi connectivity index (χ0) is 20.9. The van der Waals surface area contributed by atoms with Gasteiger partial charge in [0.05, 0.1) is 19.2 Å². The molecule has 1 saturated heterocycles. The molecule has 1 aliphatic heterocycles. The maximum Gasteiger partial charge on any atom is 0.268 e. The fourth-order valence-electron chi connectivity index (χ4n) is 3.32. The molecule has 29 heavy (non-hydrogen) atoms. The first kappa shape index (κ1) is 20.4. The summed E-state index contributed by atoms with van der Waals surface area (Å²) in [6, 6.07) is 11.9. The smallest absolute Gasteiger partial charge is 0.268 e. The normalized spacial score (nSPS) is 17.6. The lowest BCUT2D eigenvalue weighted by Gasteiger charge is -2.19. The Hall–Kier alpha value is -3.34. The Balaban J connectivity index is 1.61. The quantitative estimate of drug-likeness (QED) is 0.809. The molecule has 0 spiro atoms. The standard InChI is InChI=1S/C21H20F2N4O2/c22-21(23)10-17(11-24)27(14-21)19(28)13-26-20(29)18-8-9-25-12-16(18)7-6-15-4-2-1-3-5-15/h1-5,8-9,12,17H,6-7,10,13-14H2,(H,26,29). The number of halogens is 2. The Morgan fingerprint density at radius 3 is 2.72 bits per heavy atom. The van der Waals surface area contributed by atoms with E-state index in [1.54, 1.807) is 18.3 Å². The van der Waals surface area contributed by atoms with E-state index in [-0.39, 0.29) is 0 Å². The van der Waals surface area contributed by atoms with Gasteiger partial charge in [-0.1, -0.05) is 30.3 Å². The van der Waals surface area contributed by atoms with Crippen molar-refractivity contribution >= 4 is 11.8 Å². The largest absolute Gasteiger partial charge is 0.343 e. The van der Waals surface area contributed by atoms with Crippen molar-refractivity contribution in [2.75, 3.05) is 13.1 Å². The number of carbonyl (C=O) groups is 2. The molecule has 6 nitrogen and oxygen atoms in total. The summed E-state index contributed by atoms with van der Waals surface area (Å²) in [4.78, 5) is 29.7. The number of benzene rings is 1. The summed E-state index contributed by atoms with van der Waals surface area (Å²) in [6.07, 6.45) is 3.71. The van der Waals surface area contributed by atoms with Crippen molar-refractivity contribution < 1.29 is 18.4 Å². The lowest BCUT2D eigenvalue weighted by Crippen LogP contribution is -2.43. The van der Waals surface area contributed by atoms with Crippen LogP contribution in [-0.2, 0) is 17.6 Å². The minimum atomic E-state index is -3.09. The highest BCUT2D eigenvalue weighted by molar-refractivity contribution is 5.97. The van der Waals surface area contributed by atoms with Gasteiger partial charge in [-0.05, 0) is 30.0 Å². The summed E-state index contributed by atoms with van der Waals surface area (Å²) in [6.45, 7) is -1.26. The lowest BCUT2D eigenvalue weighted by atomic mass is 10.0. The van der Waals surface area contributed by atoms with E-state index in [0.717, 1.165) is 22.4 Å². The van der Waals surface area contributed by atoms with Crippen molar-refractivity contribution in [2.24, 2.45) is 0 Å². The molecule has 1 fully saturated rings. The van der Waals surface area contributed by atoms with Gasteiger partial charge in [-0.3, -0.25) is 14.6 Å². The molecule has 3 rings (SSSR count). The molecule has 0 aliphatic carbocycles. The van der Waals surface area contributed by atoms with E-state index in [0.29, 0.717) is 12.0 Å². The van der Waals surface area contributed by atoms with Crippen molar-refractivity contribution in [3.63, 3.8) is 0 Å². The maximum atomic E-state index is 13.5. The summed E-state index contributed by atoms with van der Waals surface area (Å²) >= 11 is 0. The van der Waals surface area contributed by atoms with Gasteiger partial charge in [0.25, 0.3) is 11.8 Å². The number of nitriles is 1. The predicted octanol–water partition coefficient (Wildman–Crippen LogP) is 2.36. The van der Waals surface area contributed by atoms with Crippen molar-refractivity contribution in [3.05, 3.63) is 65.5 Å². The summed E-state index contributed by atoms with van der Waals surface area (Å²) in [5, 5.41) is 11.5. The van der Waals surface area contributed by atoms with E-state index in [1.807, 2.05) is 30.3 Å². The first-order valence-corrected chi connectivity index (χ1v) is 9.21. The highest BCUT2D eigenvalue weighted by Crippen LogP contribution is 2.31. The van der Waals surface area contributed by atoms with Crippen LogP contribution in [-0.4, -0.2) is 46.8 Å². The fraction of sp³-hybridized carbons (Fsp3) is 0.333. The van der Waals surface area contributed by atoms with Gasteiger partial charge >= 0.3 is 0 Å². The molecule has 2 aromatic rings. The van der Waals surface area contributed by atoms with Crippen LogP contribution >= 0.6 is 0 Å². The van der Waals surface area contributed by atoms with E-state index in [4.69, 9.17) is 5.26 Å². The van der Waals surface area contributed by atoms with Crippen LogP contribution in [0.4, 0.5) is 8.78 Å². The molecule has 1 aliphatic rings. The molecule has 1 N–H and O–H groups in total. The number of pyridine rings is 1. The number of hydrogen-bond donors (Lipinski definition) is 1. The Morgan fingerprint density at radius 1 is 1.24 bits per heavy atom. The van der Waals surface area contributed by atoms with Gasteiger partial charge in [-0.2, -0.15) is 5.26 Å². The predicted molar refractivity (Wildman–Crippen MR) is 101 cm³/mol. The van der Waals surface area contributed by atoms with Gasteiger partial charge in [0.2, 0.25) is 5.91 Å². The molecule has 0 bridgehead atoms. The van der Waals surface area contributed by atoms with Crippen LogP contribution < -0.4 is 5.32 Å². The SMILES string of the molecule is N#CC1CC(F)(F)CN1C(=O)CNC(=O)c1ccncc1CCc1ccccc1. The number of alkyl halides is 2. The van der Waals surface area contributed by atoms with Crippen LogP contribution in [0.1, 0.15) is 27.9 Å². The average Bonchev–Trinajstić information content (AvgIpc) is 3.06. The van der Waals surface area contributed by atoms with Crippen molar-refractivity contribution in [1.29, 1.82) is 5.26 Å². The van der Waals surface area contributed by atoms with Crippen LogP contribution in [0.5, 0.6) is 0 Å². The molecule has 1 atom stereocenters. The number of carbonyl (C=O) groups excluding carboxylic acids is 2. The second kappa shape index (κ2) is 8.78. The van der Waals surface area contributed by atoms with Crippen molar-refractivity contribution in [3.8, 4) is 6.07 Å². The number of aromatic nitrogens is 1. The molecule has 0 saturated carbocycles. The third kappa shape index (κ3) is 5.13. The van der Waals surface area contributed by atoms with Crippen LogP contribution in [0.25, 0.3) is 0 Å². The fourth-order valence-corrected chi connectivity index (χ4v) is 3.32. The molecule has 1 aromatic heterocycles. The zero-order valence-electron chi connectivity index (χ0n) is 15.6. The van der Waals surface area contributed by atoms with Crippen molar-refractivity contribution in [1.82, 2.24) is 15.2 Å². The average molecular weight is 398 g/mol. The summed E-state index contributed by atoms with van der Waals surface area (Å²) in [5.74, 6) is -4.28. The Morgan fingerprint density at radius 2 is 2.00 bits per heavy atom. The minimum Gasteiger partial charge on any atom is -0.343 e. The highest BCUT2D eigenvalue weighted by Gasteiger charge is 2.47. The second-order valence-electron chi connectivity index (χ2n) is 6.93.